The van der Waals surface area contributed by atoms with E-state index in [0.29, 0.717) is 18.5 Å². The summed E-state index contributed by atoms with van der Waals surface area (Å²) in [5.41, 5.74) is -0.889. The predicted molar refractivity (Wildman–Crippen MR) is 39.5 cm³/mol. The first-order valence-electron chi connectivity index (χ1n) is 3.67. The largest absolute Gasteiger partial charge is 0.368 e. The van der Waals surface area contributed by atoms with Gasteiger partial charge in [0.05, 0.1) is 6.20 Å². The predicted octanol–water partition coefficient (Wildman–Crippen LogP) is 2.30. The van der Waals surface area contributed by atoms with Gasteiger partial charge in [-0.3, -0.25) is 9.78 Å². The van der Waals surface area contributed by atoms with Crippen LogP contribution in [0.2, 0.25) is 0 Å². The van der Waals surface area contributed by atoms with Crippen LogP contribution < -0.4 is 0 Å². The summed E-state index contributed by atoms with van der Waals surface area (Å²) in [7, 11) is 0. The van der Waals surface area contributed by atoms with Crippen LogP contribution in [0.5, 0.6) is 0 Å². The zero-order chi connectivity index (χ0) is 11.6. The summed E-state index contributed by atoms with van der Waals surface area (Å²) in [6, 6.07) is 0.422. The molecule has 1 aromatic heterocycles. The normalized spacial score (nSPS) is 11.9. The molecule has 1 aromatic rings. The summed E-state index contributed by atoms with van der Waals surface area (Å²) >= 11 is 0. The monoisotopic (exact) mass is 225 g/mol. The average molecular weight is 225 g/mol. The summed E-state index contributed by atoms with van der Waals surface area (Å²) in [6.45, 7) is 0. The molecule has 15 heavy (non-hydrogen) atoms. The van der Waals surface area contributed by atoms with Crippen molar-refractivity contribution in [3.05, 3.63) is 29.8 Å². The molecular formula is C8H4F5NO. The van der Waals surface area contributed by atoms with Gasteiger partial charge in [-0.05, 0) is 6.07 Å². The Morgan fingerprint density at radius 3 is 2.40 bits per heavy atom. The lowest BCUT2D eigenvalue weighted by atomic mass is 10.1. The van der Waals surface area contributed by atoms with Gasteiger partial charge in [-0.15, -0.1) is 0 Å². The van der Waals surface area contributed by atoms with Gasteiger partial charge < -0.3 is 0 Å². The molecule has 0 spiro atoms. The van der Waals surface area contributed by atoms with Crippen LogP contribution in [0.25, 0.3) is 0 Å². The standard InChI is InChI=1S/C8H4F5NO/c9-5-1-4(2-14-3-5)6(15)8(12,13)7(10)11/h1-3,7H. The number of halogens is 5. The van der Waals surface area contributed by atoms with Crippen LogP contribution in [0.1, 0.15) is 10.4 Å². The minimum atomic E-state index is -4.82. The molecule has 0 N–H and O–H groups in total. The number of pyridine rings is 1. The second-order valence-electron chi connectivity index (χ2n) is 2.64. The van der Waals surface area contributed by atoms with E-state index in [1.807, 2.05) is 0 Å². The summed E-state index contributed by atoms with van der Waals surface area (Å²) < 4.78 is 61.0. The van der Waals surface area contributed by atoms with E-state index in [1.54, 1.807) is 0 Å². The topological polar surface area (TPSA) is 30.0 Å². The third kappa shape index (κ3) is 2.28. The zero-order valence-electron chi connectivity index (χ0n) is 7.05. The first kappa shape index (κ1) is 11.5. The summed E-state index contributed by atoms with van der Waals surface area (Å²) in [5, 5.41) is 0. The van der Waals surface area contributed by atoms with Gasteiger partial charge in [-0.2, -0.15) is 8.78 Å². The van der Waals surface area contributed by atoms with E-state index < -0.39 is 29.5 Å². The van der Waals surface area contributed by atoms with Gasteiger partial charge in [0.2, 0.25) is 5.78 Å². The Hall–Kier alpha value is -1.53. The Kier molecular flexibility index (Phi) is 3.01. The van der Waals surface area contributed by atoms with Crippen molar-refractivity contribution in [1.82, 2.24) is 4.98 Å². The number of rotatable bonds is 3. The number of alkyl halides is 4. The van der Waals surface area contributed by atoms with E-state index in [4.69, 9.17) is 0 Å². The van der Waals surface area contributed by atoms with Crippen LogP contribution in [0.3, 0.4) is 0 Å². The fourth-order valence-electron chi connectivity index (χ4n) is 0.828. The third-order valence-corrected chi connectivity index (χ3v) is 1.54. The van der Waals surface area contributed by atoms with Crippen LogP contribution in [0.15, 0.2) is 18.5 Å². The van der Waals surface area contributed by atoms with Gasteiger partial charge in [0.1, 0.15) is 5.82 Å². The molecule has 2 nitrogen and oxygen atoms in total. The van der Waals surface area contributed by atoms with Gasteiger partial charge in [-0.1, -0.05) is 0 Å². The lowest BCUT2D eigenvalue weighted by molar-refractivity contribution is -0.0958. The van der Waals surface area contributed by atoms with Crippen molar-refractivity contribution >= 4 is 5.78 Å². The maximum Gasteiger partial charge on any atom is 0.368 e. The average Bonchev–Trinajstić information content (AvgIpc) is 2.16. The Bertz CT molecular complexity index is 379. The van der Waals surface area contributed by atoms with Crippen molar-refractivity contribution in [3.8, 4) is 0 Å². The first-order valence-corrected chi connectivity index (χ1v) is 3.67. The Labute approximate surface area is 80.7 Å². The van der Waals surface area contributed by atoms with Crippen molar-refractivity contribution in [2.75, 3.05) is 0 Å². The first-order chi connectivity index (χ1) is 6.85. The molecule has 0 aliphatic heterocycles. The second kappa shape index (κ2) is 3.92. The molecule has 0 amide bonds. The van der Waals surface area contributed by atoms with Crippen molar-refractivity contribution < 1.29 is 26.7 Å². The van der Waals surface area contributed by atoms with E-state index in [2.05, 4.69) is 4.98 Å². The van der Waals surface area contributed by atoms with Crippen LogP contribution in [0.4, 0.5) is 22.0 Å². The molecule has 0 bridgehead atoms. The highest BCUT2D eigenvalue weighted by Gasteiger charge is 2.49. The number of hydrogen-bond acceptors (Lipinski definition) is 2. The lowest BCUT2D eigenvalue weighted by Gasteiger charge is -2.13. The van der Waals surface area contributed by atoms with E-state index in [9.17, 15) is 26.7 Å². The molecule has 0 aliphatic carbocycles. The van der Waals surface area contributed by atoms with E-state index in [-0.39, 0.29) is 0 Å². The minimum Gasteiger partial charge on any atom is -0.287 e. The Morgan fingerprint density at radius 2 is 1.93 bits per heavy atom. The highest BCUT2D eigenvalue weighted by atomic mass is 19.3. The number of carbonyl (C=O) groups is 1. The number of hydrogen-bond donors (Lipinski definition) is 0. The van der Waals surface area contributed by atoms with Crippen molar-refractivity contribution in [2.24, 2.45) is 0 Å². The fourth-order valence-corrected chi connectivity index (χ4v) is 0.828. The molecular weight excluding hydrogens is 221 g/mol. The van der Waals surface area contributed by atoms with Gasteiger partial charge in [0, 0.05) is 11.8 Å². The highest BCUT2D eigenvalue weighted by Crippen LogP contribution is 2.27. The molecule has 0 fully saturated rings. The van der Waals surface area contributed by atoms with Gasteiger partial charge in [-0.25, -0.2) is 13.2 Å². The maximum absolute atomic E-state index is 12.5. The smallest absolute Gasteiger partial charge is 0.287 e. The van der Waals surface area contributed by atoms with E-state index in [1.165, 1.54) is 0 Å². The molecule has 7 heteroatoms. The van der Waals surface area contributed by atoms with E-state index in [0.717, 1.165) is 0 Å². The number of nitrogens with zero attached hydrogens (tertiary/aromatic N) is 1. The van der Waals surface area contributed by atoms with Crippen molar-refractivity contribution in [3.63, 3.8) is 0 Å². The van der Waals surface area contributed by atoms with Gasteiger partial charge in [0.15, 0.2) is 0 Å². The number of aromatic nitrogens is 1. The molecule has 82 valence electrons. The summed E-state index contributed by atoms with van der Waals surface area (Å²) in [6.07, 6.45) is -2.87. The zero-order valence-corrected chi connectivity index (χ0v) is 7.05. The molecule has 0 radical (unpaired) electrons. The lowest BCUT2D eigenvalue weighted by Crippen LogP contribution is -2.36. The SMILES string of the molecule is O=C(c1cncc(F)c1)C(F)(F)C(F)F. The summed E-state index contributed by atoms with van der Waals surface area (Å²) in [4.78, 5) is 13.9. The number of Topliss-reactive ketones (excluding diaryl/α,β-unsaturated/α-hetero) is 1. The fraction of sp³-hybridized carbons (Fsp3) is 0.250. The van der Waals surface area contributed by atoms with Crippen LogP contribution in [0, 0.1) is 5.82 Å². The highest BCUT2D eigenvalue weighted by molar-refractivity contribution is 6.01. The van der Waals surface area contributed by atoms with E-state index >= 15 is 0 Å². The van der Waals surface area contributed by atoms with Crippen LogP contribution >= 0.6 is 0 Å². The van der Waals surface area contributed by atoms with Crippen LogP contribution in [-0.2, 0) is 0 Å². The molecule has 1 heterocycles. The minimum absolute atomic E-state index is 0.422. The van der Waals surface area contributed by atoms with Gasteiger partial charge >= 0.3 is 12.3 Å². The number of carbonyl (C=O) groups excluding carboxylic acids is 1. The molecule has 0 atom stereocenters. The van der Waals surface area contributed by atoms with Crippen molar-refractivity contribution in [2.45, 2.75) is 12.3 Å². The second-order valence-corrected chi connectivity index (χ2v) is 2.64. The van der Waals surface area contributed by atoms with Crippen LogP contribution in [-0.4, -0.2) is 23.1 Å². The Balaban J connectivity index is 3.05. The molecule has 0 aromatic carbocycles. The Morgan fingerprint density at radius 1 is 1.33 bits per heavy atom. The van der Waals surface area contributed by atoms with Gasteiger partial charge in [0.25, 0.3) is 0 Å². The molecule has 0 unspecified atom stereocenters. The molecule has 0 saturated heterocycles. The molecule has 0 saturated carbocycles. The third-order valence-electron chi connectivity index (χ3n) is 1.54. The quantitative estimate of drug-likeness (QED) is 0.583. The molecule has 1 rings (SSSR count). The van der Waals surface area contributed by atoms with Crippen molar-refractivity contribution in [1.29, 1.82) is 0 Å². The number of ketones is 1. The molecule has 0 aliphatic rings. The summed E-state index contributed by atoms with van der Waals surface area (Å²) in [5.74, 6) is -8.02. The maximum atomic E-state index is 12.5.